The van der Waals surface area contributed by atoms with Crippen LogP contribution in [0.1, 0.15) is 5.56 Å². The zero-order valence-electron chi connectivity index (χ0n) is 12.8. The lowest BCUT2D eigenvalue weighted by atomic mass is 10.1. The van der Waals surface area contributed by atoms with E-state index in [1.165, 1.54) is 18.2 Å². The zero-order chi connectivity index (χ0) is 17.7. The van der Waals surface area contributed by atoms with Crippen molar-refractivity contribution < 1.29 is 27.7 Å². The minimum atomic E-state index is -4.52. The fourth-order valence-corrected chi connectivity index (χ4v) is 2.76. The number of carbonyl (C=O) groups excluding carboxylic acids is 2. The summed E-state index contributed by atoms with van der Waals surface area (Å²) in [6, 6.07) is 4.87. The number of amides is 2. The smallest absolute Gasteiger partial charge is 0.330 e. The van der Waals surface area contributed by atoms with Gasteiger partial charge in [-0.15, -0.1) is 11.6 Å². The number of carbonyl (C=O) groups is 2. The molecule has 2 N–H and O–H groups in total. The molecule has 0 aromatic heterocycles. The van der Waals surface area contributed by atoms with Crippen molar-refractivity contribution in [3.05, 3.63) is 29.8 Å². The van der Waals surface area contributed by atoms with Gasteiger partial charge in [-0.2, -0.15) is 13.2 Å². The number of hydrogen-bond donors (Lipinski definition) is 2. The van der Waals surface area contributed by atoms with Crippen LogP contribution in [0.3, 0.4) is 0 Å². The van der Waals surface area contributed by atoms with Gasteiger partial charge in [-0.1, -0.05) is 12.1 Å². The van der Waals surface area contributed by atoms with Crippen molar-refractivity contribution in [1.29, 1.82) is 0 Å². The first kappa shape index (κ1) is 18.5. The van der Waals surface area contributed by atoms with E-state index in [2.05, 4.69) is 5.32 Å². The lowest BCUT2D eigenvalue weighted by Gasteiger charge is -2.31. The molecule has 1 heterocycles. The molecule has 0 unspecified atom stereocenters. The molecule has 1 aromatic carbocycles. The molecule has 132 valence electrons. The average molecular weight is 365 g/mol. The van der Waals surface area contributed by atoms with Gasteiger partial charge in [0.15, 0.2) is 6.54 Å². The summed E-state index contributed by atoms with van der Waals surface area (Å²) in [6.07, 6.45) is -4.52. The molecule has 1 aliphatic heterocycles. The Morgan fingerprint density at radius 3 is 2.42 bits per heavy atom. The normalized spacial score (nSPS) is 16.1. The zero-order valence-corrected chi connectivity index (χ0v) is 13.6. The van der Waals surface area contributed by atoms with E-state index in [1.54, 1.807) is 4.90 Å². The van der Waals surface area contributed by atoms with E-state index in [0.717, 1.165) is 11.0 Å². The standard InChI is InChI=1S/C15H17ClF3N3O2/c16-9-14(24)22-7-5-21(6-8-22)10-13(23)20-12-4-2-1-3-11(12)15(17,18)19/h1-4H,5-10H2,(H,20,23)/p+1. The van der Waals surface area contributed by atoms with Gasteiger partial charge in [-0.3, -0.25) is 9.59 Å². The number of hydrogen-bond acceptors (Lipinski definition) is 2. The molecule has 0 aliphatic carbocycles. The second-order valence-electron chi connectivity index (χ2n) is 5.53. The number of para-hydroxylation sites is 1. The van der Waals surface area contributed by atoms with Crippen molar-refractivity contribution in [1.82, 2.24) is 4.90 Å². The van der Waals surface area contributed by atoms with Gasteiger partial charge >= 0.3 is 6.18 Å². The summed E-state index contributed by atoms with van der Waals surface area (Å²) >= 11 is 5.49. The molecule has 1 aromatic rings. The number of halogens is 4. The van der Waals surface area contributed by atoms with Crippen LogP contribution in [0.25, 0.3) is 0 Å². The van der Waals surface area contributed by atoms with Gasteiger partial charge in [0.2, 0.25) is 5.91 Å². The van der Waals surface area contributed by atoms with Crippen molar-refractivity contribution >= 4 is 29.1 Å². The van der Waals surface area contributed by atoms with Crippen LogP contribution in [-0.4, -0.2) is 55.3 Å². The van der Waals surface area contributed by atoms with E-state index in [4.69, 9.17) is 11.6 Å². The third kappa shape index (κ3) is 4.85. The van der Waals surface area contributed by atoms with Gasteiger partial charge in [0.05, 0.1) is 37.4 Å². The largest absolute Gasteiger partial charge is 0.418 e. The van der Waals surface area contributed by atoms with E-state index >= 15 is 0 Å². The lowest BCUT2D eigenvalue weighted by molar-refractivity contribution is -0.895. The number of benzene rings is 1. The van der Waals surface area contributed by atoms with E-state index in [-0.39, 0.29) is 24.0 Å². The van der Waals surface area contributed by atoms with Gasteiger partial charge in [0, 0.05) is 0 Å². The maximum absolute atomic E-state index is 12.9. The summed E-state index contributed by atoms with van der Waals surface area (Å²) in [4.78, 5) is 26.0. The van der Waals surface area contributed by atoms with Crippen LogP contribution in [0.4, 0.5) is 18.9 Å². The van der Waals surface area contributed by atoms with Crippen LogP contribution in [0, 0.1) is 0 Å². The SMILES string of the molecule is O=C(C[NH+]1CCN(C(=O)CCl)CC1)Nc1ccccc1C(F)(F)F. The number of rotatable bonds is 4. The second-order valence-corrected chi connectivity index (χ2v) is 5.80. The van der Waals surface area contributed by atoms with Crippen molar-refractivity contribution in [2.24, 2.45) is 0 Å². The summed E-state index contributed by atoms with van der Waals surface area (Å²) in [7, 11) is 0. The van der Waals surface area contributed by atoms with Crippen LogP contribution in [0.15, 0.2) is 24.3 Å². The molecule has 0 bridgehead atoms. The van der Waals surface area contributed by atoms with Gasteiger partial charge in [-0.25, -0.2) is 0 Å². The fraction of sp³-hybridized carbons (Fsp3) is 0.467. The topological polar surface area (TPSA) is 53.9 Å². The Kier molecular flexibility index (Phi) is 6.06. The molecule has 0 atom stereocenters. The Labute approximate surface area is 142 Å². The molecule has 9 heteroatoms. The van der Waals surface area contributed by atoms with Gasteiger partial charge in [0.25, 0.3) is 5.91 Å². The molecule has 2 rings (SSSR count). The molecule has 24 heavy (non-hydrogen) atoms. The monoisotopic (exact) mass is 364 g/mol. The highest BCUT2D eigenvalue weighted by Crippen LogP contribution is 2.34. The van der Waals surface area contributed by atoms with E-state index < -0.39 is 17.6 Å². The minimum Gasteiger partial charge on any atom is -0.330 e. The van der Waals surface area contributed by atoms with Crippen LogP contribution in [-0.2, 0) is 15.8 Å². The van der Waals surface area contributed by atoms with Crippen LogP contribution >= 0.6 is 11.6 Å². The van der Waals surface area contributed by atoms with Crippen LogP contribution < -0.4 is 10.2 Å². The lowest BCUT2D eigenvalue weighted by Crippen LogP contribution is -3.15. The fourth-order valence-electron chi connectivity index (χ4n) is 2.59. The molecule has 1 saturated heterocycles. The molecular weight excluding hydrogens is 347 g/mol. The highest BCUT2D eigenvalue weighted by atomic mass is 35.5. The van der Waals surface area contributed by atoms with E-state index in [1.807, 2.05) is 0 Å². The maximum Gasteiger partial charge on any atom is 0.418 e. The Morgan fingerprint density at radius 2 is 1.83 bits per heavy atom. The summed E-state index contributed by atoms with van der Waals surface area (Å²) in [5, 5.41) is 2.33. The molecular formula is C15H18ClF3N3O2+. The first-order valence-corrected chi connectivity index (χ1v) is 7.98. The summed E-state index contributed by atoms with van der Waals surface area (Å²) in [6.45, 7) is 2.11. The minimum absolute atomic E-state index is 0.0507. The first-order chi connectivity index (χ1) is 11.3. The van der Waals surface area contributed by atoms with E-state index in [0.29, 0.717) is 26.2 Å². The van der Waals surface area contributed by atoms with Crippen molar-refractivity contribution in [2.75, 3.05) is 43.9 Å². The van der Waals surface area contributed by atoms with Crippen molar-refractivity contribution in [3.8, 4) is 0 Å². The summed E-state index contributed by atoms with van der Waals surface area (Å²) < 4.78 is 38.7. The highest BCUT2D eigenvalue weighted by Gasteiger charge is 2.34. The Balaban J connectivity index is 1.90. The molecule has 0 saturated carbocycles. The molecule has 0 radical (unpaired) electrons. The summed E-state index contributed by atoms with van der Waals surface area (Å²) in [5.74, 6) is -0.720. The molecule has 1 fully saturated rings. The highest BCUT2D eigenvalue weighted by molar-refractivity contribution is 6.27. The summed E-state index contributed by atoms with van der Waals surface area (Å²) in [5.41, 5.74) is -1.11. The maximum atomic E-state index is 12.9. The molecule has 1 aliphatic rings. The molecule has 5 nitrogen and oxygen atoms in total. The van der Waals surface area contributed by atoms with E-state index in [9.17, 15) is 22.8 Å². The number of nitrogens with one attached hydrogen (secondary N) is 2. The predicted molar refractivity (Wildman–Crippen MR) is 82.9 cm³/mol. The molecule has 0 spiro atoms. The number of nitrogens with zero attached hydrogens (tertiary/aromatic N) is 1. The van der Waals surface area contributed by atoms with Crippen molar-refractivity contribution in [2.45, 2.75) is 6.18 Å². The Bertz CT molecular complexity index is 602. The van der Waals surface area contributed by atoms with Crippen molar-refractivity contribution in [3.63, 3.8) is 0 Å². The Hall–Kier alpha value is -1.80. The predicted octanol–water partition coefficient (Wildman–Crippen LogP) is 0.610. The molecule has 2 amide bonds. The van der Waals surface area contributed by atoms with Crippen LogP contribution in [0.2, 0.25) is 0 Å². The number of alkyl halides is 4. The number of anilines is 1. The van der Waals surface area contributed by atoms with Gasteiger partial charge in [0.1, 0.15) is 5.88 Å². The third-order valence-electron chi connectivity index (χ3n) is 3.85. The Morgan fingerprint density at radius 1 is 1.21 bits per heavy atom. The quantitative estimate of drug-likeness (QED) is 0.769. The van der Waals surface area contributed by atoms with Gasteiger partial charge < -0.3 is 15.1 Å². The number of quaternary nitrogens is 1. The second kappa shape index (κ2) is 7.85. The van der Waals surface area contributed by atoms with Crippen LogP contribution in [0.5, 0.6) is 0 Å². The number of piperazine rings is 1. The average Bonchev–Trinajstić information content (AvgIpc) is 2.54. The first-order valence-electron chi connectivity index (χ1n) is 7.44. The third-order valence-corrected chi connectivity index (χ3v) is 4.08. The van der Waals surface area contributed by atoms with Gasteiger partial charge in [-0.05, 0) is 12.1 Å².